The lowest BCUT2D eigenvalue weighted by atomic mass is 10.2. The molecule has 0 aliphatic heterocycles. The Morgan fingerprint density at radius 3 is 2.30 bits per heavy atom. The van der Waals surface area contributed by atoms with Gasteiger partial charge in [0.25, 0.3) is 5.91 Å². The average Bonchev–Trinajstić information content (AvgIpc) is 2.51. The van der Waals surface area contributed by atoms with Crippen LogP contribution < -0.4 is 5.32 Å². The number of urea groups is 1. The van der Waals surface area contributed by atoms with Crippen LogP contribution in [0.5, 0.6) is 0 Å². The molecule has 2 rings (SSSR count). The lowest BCUT2D eigenvalue weighted by Gasteiger charge is -2.14. The zero-order valence-corrected chi connectivity index (χ0v) is 12.6. The monoisotopic (exact) mass is 362 g/mol. The van der Waals surface area contributed by atoms with E-state index in [1.54, 1.807) is 0 Å². The van der Waals surface area contributed by atoms with Gasteiger partial charge in [0.1, 0.15) is 17.5 Å². The van der Waals surface area contributed by atoms with E-state index >= 15 is 0 Å². The minimum absolute atomic E-state index is 0.0182. The Hall–Kier alpha value is -2.25. The van der Waals surface area contributed by atoms with Crippen molar-refractivity contribution in [2.75, 3.05) is 5.32 Å². The van der Waals surface area contributed by atoms with Crippen LogP contribution in [0.15, 0.2) is 36.4 Å². The number of imide groups is 1. The van der Waals surface area contributed by atoms with Gasteiger partial charge in [-0.1, -0.05) is 23.7 Å². The van der Waals surface area contributed by atoms with Crippen molar-refractivity contribution in [3.63, 3.8) is 0 Å². The van der Waals surface area contributed by atoms with E-state index in [4.69, 9.17) is 23.4 Å². The lowest BCUT2D eigenvalue weighted by Crippen LogP contribution is -2.33. The van der Waals surface area contributed by atoms with Crippen LogP contribution in [0, 0.1) is 17.5 Å². The number of benzene rings is 2. The van der Waals surface area contributed by atoms with Crippen molar-refractivity contribution in [2.45, 2.75) is 0 Å². The molecule has 0 unspecified atom stereocenters. The topological polar surface area (TPSA) is 49.4 Å². The SMILES string of the molecule is O=C(Nc1cc(F)c(Cl)cc1F)N(Cl)C(=O)c1ccccc1F. The summed E-state index contributed by atoms with van der Waals surface area (Å²) in [5, 5.41) is 1.41. The highest BCUT2D eigenvalue weighted by Gasteiger charge is 2.24. The van der Waals surface area contributed by atoms with Gasteiger partial charge in [0.05, 0.1) is 16.3 Å². The molecule has 0 aromatic heterocycles. The highest BCUT2D eigenvalue weighted by atomic mass is 35.5. The molecule has 9 heteroatoms. The molecular weight excluding hydrogens is 356 g/mol. The van der Waals surface area contributed by atoms with E-state index in [1.165, 1.54) is 12.1 Å². The van der Waals surface area contributed by atoms with Crippen molar-refractivity contribution in [3.05, 3.63) is 64.4 Å². The van der Waals surface area contributed by atoms with Crippen molar-refractivity contribution < 1.29 is 22.8 Å². The van der Waals surface area contributed by atoms with Gasteiger partial charge in [-0.15, -0.1) is 0 Å². The molecule has 120 valence electrons. The fourth-order valence-corrected chi connectivity index (χ4v) is 1.90. The quantitative estimate of drug-likeness (QED) is 0.627. The third kappa shape index (κ3) is 3.75. The molecule has 0 radical (unpaired) electrons. The van der Waals surface area contributed by atoms with Crippen molar-refractivity contribution in [1.29, 1.82) is 0 Å². The molecule has 0 heterocycles. The second kappa shape index (κ2) is 6.89. The Morgan fingerprint density at radius 1 is 1.00 bits per heavy atom. The summed E-state index contributed by atoms with van der Waals surface area (Å²) in [5.74, 6) is -4.07. The standard InChI is InChI=1S/C14H7Cl2F3N2O2/c15-8-5-11(19)12(6-10(8)18)20-14(23)21(16)13(22)7-3-1-2-4-9(7)17/h1-6H,(H,20,23). The van der Waals surface area contributed by atoms with E-state index < -0.39 is 45.7 Å². The summed E-state index contributed by atoms with van der Waals surface area (Å²) in [6.07, 6.45) is 0. The first kappa shape index (κ1) is 17.1. The van der Waals surface area contributed by atoms with Crippen molar-refractivity contribution in [1.82, 2.24) is 4.42 Å². The Labute approximate surface area is 138 Å². The molecule has 3 amide bonds. The number of halogens is 5. The van der Waals surface area contributed by atoms with Crippen LogP contribution in [-0.4, -0.2) is 16.4 Å². The number of carbonyl (C=O) groups excluding carboxylic acids is 2. The van der Waals surface area contributed by atoms with E-state index in [1.807, 2.05) is 5.32 Å². The third-order valence-corrected chi connectivity index (χ3v) is 3.31. The van der Waals surface area contributed by atoms with Gasteiger partial charge in [-0.05, 0) is 18.2 Å². The van der Waals surface area contributed by atoms with Gasteiger partial charge < -0.3 is 5.32 Å². The Morgan fingerprint density at radius 2 is 1.65 bits per heavy atom. The molecule has 0 saturated heterocycles. The normalized spacial score (nSPS) is 10.3. The predicted octanol–water partition coefficient (Wildman–Crippen LogP) is 4.59. The number of anilines is 1. The van der Waals surface area contributed by atoms with Gasteiger partial charge in [-0.25, -0.2) is 18.0 Å². The van der Waals surface area contributed by atoms with Crippen molar-refractivity contribution >= 4 is 41.0 Å². The maximum absolute atomic E-state index is 13.6. The first-order valence-corrected chi connectivity index (χ1v) is 6.73. The molecule has 0 fully saturated rings. The summed E-state index contributed by atoms with van der Waals surface area (Å²) in [6, 6.07) is 4.80. The third-order valence-electron chi connectivity index (χ3n) is 2.71. The zero-order chi connectivity index (χ0) is 17.1. The lowest BCUT2D eigenvalue weighted by molar-refractivity contribution is 0.0889. The molecule has 0 saturated carbocycles. The minimum atomic E-state index is -1.29. The van der Waals surface area contributed by atoms with Gasteiger partial charge in [-0.2, -0.15) is 4.42 Å². The minimum Gasteiger partial charge on any atom is -0.304 e. The van der Waals surface area contributed by atoms with E-state index in [-0.39, 0.29) is 4.42 Å². The van der Waals surface area contributed by atoms with E-state index in [0.29, 0.717) is 12.1 Å². The molecular formula is C14H7Cl2F3N2O2. The fourth-order valence-electron chi connectivity index (χ4n) is 1.62. The summed E-state index contributed by atoms with van der Waals surface area (Å²) in [5.41, 5.74) is -1.04. The first-order valence-electron chi connectivity index (χ1n) is 6.01. The molecule has 4 nitrogen and oxygen atoms in total. The second-order valence-corrected chi connectivity index (χ2v) is 4.99. The molecule has 0 spiro atoms. The number of hydrogen-bond acceptors (Lipinski definition) is 2. The number of carbonyl (C=O) groups is 2. The predicted molar refractivity (Wildman–Crippen MR) is 78.8 cm³/mol. The molecule has 0 aliphatic carbocycles. The molecule has 0 bridgehead atoms. The zero-order valence-electron chi connectivity index (χ0n) is 11.1. The Kier molecular flexibility index (Phi) is 5.12. The fraction of sp³-hybridized carbons (Fsp3) is 0. The highest BCUT2D eigenvalue weighted by Crippen LogP contribution is 2.23. The van der Waals surface area contributed by atoms with Crippen LogP contribution in [-0.2, 0) is 0 Å². The van der Waals surface area contributed by atoms with Gasteiger partial charge in [0.2, 0.25) is 0 Å². The van der Waals surface area contributed by atoms with Crippen LogP contribution in [0.2, 0.25) is 5.02 Å². The van der Waals surface area contributed by atoms with Gasteiger partial charge in [0, 0.05) is 17.8 Å². The maximum Gasteiger partial charge on any atom is 0.343 e. The smallest absolute Gasteiger partial charge is 0.304 e. The van der Waals surface area contributed by atoms with Crippen LogP contribution in [0.25, 0.3) is 0 Å². The number of hydrogen-bond donors (Lipinski definition) is 1. The summed E-state index contributed by atoms with van der Waals surface area (Å²) in [4.78, 5) is 23.7. The second-order valence-electron chi connectivity index (χ2n) is 4.24. The summed E-state index contributed by atoms with van der Waals surface area (Å²) in [7, 11) is 0. The number of nitrogens with one attached hydrogen (secondary N) is 1. The Bertz CT molecular complexity index is 787. The number of amides is 3. The largest absolute Gasteiger partial charge is 0.343 e. The first-order chi connectivity index (χ1) is 10.8. The molecule has 0 aliphatic rings. The molecule has 0 atom stereocenters. The van der Waals surface area contributed by atoms with Crippen LogP contribution in [0.4, 0.5) is 23.7 Å². The van der Waals surface area contributed by atoms with Gasteiger partial charge in [-0.3, -0.25) is 4.79 Å². The summed E-state index contributed by atoms with van der Waals surface area (Å²) >= 11 is 10.9. The Balaban J connectivity index is 2.19. The van der Waals surface area contributed by atoms with Crippen LogP contribution >= 0.6 is 23.4 Å². The summed E-state index contributed by atoms with van der Waals surface area (Å²) < 4.78 is 40.4. The van der Waals surface area contributed by atoms with E-state index in [0.717, 1.165) is 12.1 Å². The van der Waals surface area contributed by atoms with Crippen molar-refractivity contribution in [2.24, 2.45) is 0 Å². The summed E-state index contributed by atoms with van der Waals surface area (Å²) in [6.45, 7) is 0. The van der Waals surface area contributed by atoms with Gasteiger partial charge in [0.15, 0.2) is 0 Å². The number of nitrogens with zero attached hydrogens (tertiary/aromatic N) is 1. The molecule has 1 N–H and O–H groups in total. The molecule has 2 aromatic rings. The van der Waals surface area contributed by atoms with E-state index in [2.05, 4.69) is 0 Å². The van der Waals surface area contributed by atoms with Crippen LogP contribution in [0.1, 0.15) is 10.4 Å². The molecule has 23 heavy (non-hydrogen) atoms. The average molecular weight is 363 g/mol. The van der Waals surface area contributed by atoms with Crippen molar-refractivity contribution in [3.8, 4) is 0 Å². The molecule has 2 aromatic carbocycles. The number of rotatable bonds is 2. The van der Waals surface area contributed by atoms with Gasteiger partial charge >= 0.3 is 6.03 Å². The maximum atomic E-state index is 13.6. The van der Waals surface area contributed by atoms with E-state index in [9.17, 15) is 22.8 Å². The van der Waals surface area contributed by atoms with Crippen LogP contribution in [0.3, 0.4) is 0 Å². The highest BCUT2D eigenvalue weighted by molar-refractivity contribution is 6.33.